The number of carbonyl (C=O) groups excluding carboxylic acids is 2. The van der Waals surface area contributed by atoms with Crippen LogP contribution in [0.3, 0.4) is 0 Å². The van der Waals surface area contributed by atoms with E-state index in [1.807, 2.05) is 0 Å². The first-order valence-corrected chi connectivity index (χ1v) is 10.5. The lowest BCUT2D eigenvalue weighted by atomic mass is 9.90. The van der Waals surface area contributed by atoms with Gasteiger partial charge >= 0.3 is 11.7 Å². The van der Waals surface area contributed by atoms with Crippen LogP contribution in [0, 0.1) is 5.92 Å². The minimum absolute atomic E-state index is 0.0279. The second kappa shape index (κ2) is 10.4. The number of aromatic amines is 1. The highest BCUT2D eigenvalue weighted by Crippen LogP contribution is 2.31. The van der Waals surface area contributed by atoms with Crippen LogP contribution in [0.1, 0.15) is 35.3 Å². The molecule has 1 amide bonds. The van der Waals surface area contributed by atoms with E-state index in [-0.39, 0.29) is 11.4 Å². The Morgan fingerprint density at radius 2 is 1.86 bits per heavy atom. The van der Waals surface area contributed by atoms with Crippen molar-refractivity contribution in [3.63, 3.8) is 0 Å². The molecule has 0 saturated carbocycles. The first-order valence-electron chi connectivity index (χ1n) is 10.5. The van der Waals surface area contributed by atoms with Gasteiger partial charge in [-0.05, 0) is 17.7 Å². The largest absolute Gasteiger partial charge is 0.508 e. The predicted molar refractivity (Wildman–Crippen MR) is 116 cm³/mol. The van der Waals surface area contributed by atoms with Crippen LogP contribution in [0.5, 0.6) is 5.75 Å². The van der Waals surface area contributed by atoms with E-state index in [0.717, 1.165) is 10.8 Å². The Kier molecular flexibility index (Phi) is 7.72. The number of rotatable bonds is 9. The van der Waals surface area contributed by atoms with E-state index < -0.39 is 66.2 Å². The number of carbonyl (C=O) groups is 3. The molecule has 0 aliphatic carbocycles. The number of ether oxygens (including phenoxy) is 1. The van der Waals surface area contributed by atoms with Crippen molar-refractivity contribution in [3.8, 4) is 5.75 Å². The van der Waals surface area contributed by atoms with Crippen molar-refractivity contribution in [2.75, 3.05) is 0 Å². The summed E-state index contributed by atoms with van der Waals surface area (Å²) in [7, 11) is 0. The van der Waals surface area contributed by atoms with Gasteiger partial charge in [0.1, 0.15) is 24.1 Å². The number of aldehydes is 1. The lowest BCUT2D eigenvalue weighted by Gasteiger charge is -2.28. The van der Waals surface area contributed by atoms with Gasteiger partial charge in [0.25, 0.3) is 0 Å². The minimum Gasteiger partial charge on any atom is -0.508 e. The molecule has 1 aliphatic rings. The maximum atomic E-state index is 12.7. The van der Waals surface area contributed by atoms with E-state index in [1.54, 1.807) is 0 Å². The molecule has 1 saturated heterocycles. The molecule has 1 aromatic carbocycles. The van der Waals surface area contributed by atoms with Crippen LogP contribution in [0.15, 0.2) is 35.3 Å². The molecule has 0 radical (unpaired) electrons. The van der Waals surface area contributed by atoms with Gasteiger partial charge in [0.15, 0.2) is 18.6 Å². The van der Waals surface area contributed by atoms with E-state index in [9.17, 15) is 44.7 Å². The van der Waals surface area contributed by atoms with Crippen LogP contribution in [0.25, 0.3) is 0 Å². The topological polar surface area (TPSA) is 237 Å². The number of imidazole rings is 1. The highest BCUT2D eigenvalue weighted by Gasteiger charge is 2.50. The molecule has 0 bridgehead atoms. The van der Waals surface area contributed by atoms with Crippen LogP contribution in [0.4, 0.5) is 0 Å². The van der Waals surface area contributed by atoms with Crippen LogP contribution in [-0.4, -0.2) is 83.6 Å². The maximum absolute atomic E-state index is 12.7. The van der Waals surface area contributed by atoms with Crippen LogP contribution >= 0.6 is 0 Å². The standard InChI is InChI=1S/C21H26N4O10/c1-8(14(28)9-2-4-11(27)5-3-9)12(22)18(31)24-13(20(32)33)17-15(29)16(30)19(35-17)25-6-10(7-26)23-21(25)34/h2-8,12-17,19,27-30H,22H2,1H3,(H,23,34)(H,24,31)(H,32,33)/t8-,12+,13+,14+,15-,16+,17+,19+/m1/s1. The molecule has 190 valence electrons. The van der Waals surface area contributed by atoms with Crippen molar-refractivity contribution in [1.82, 2.24) is 14.9 Å². The lowest BCUT2D eigenvalue weighted by molar-refractivity contribution is -0.149. The second-order valence-corrected chi connectivity index (χ2v) is 8.26. The summed E-state index contributed by atoms with van der Waals surface area (Å²) >= 11 is 0. The Bertz CT molecular complexity index is 1130. The smallest absolute Gasteiger partial charge is 0.329 e. The Labute approximate surface area is 197 Å². The average Bonchev–Trinajstić information content (AvgIpc) is 3.34. The summed E-state index contributed by atoms with van der Waals surface area (Å²) in [4.78, 5) is 49.7. The summed E-state index contributed by atoms with van der Waals surface area (Å²) in [6.07, 6.45) is -6.71. The molecule has 1 aromatic heterocycles. The fourth-order valence-electron chi connectivity index (χ4n) is 3.81. The first-order chi connectivity index (χ1) is 16.5. The van der Waals surface area contributed by atoms with Crippen molar-refractivity contribution >= 4 is 18.2 Å². The van der Waals surface area contributed by atoms with Gasteiger partial charge in [-0.2, -0.15) is 0 Å². The average molecular weight is 494 g/mol. The number of nitrogens with two attached hydrogens (primary N) is 1. The summed E-state index contributed by atoms with van der Waals surface area (Å²) in [5.74, 6) is -3.54. The van der Waals surface area contributed by atoms with Crippen LogP contribution in [0.2, 0.25) is 0 Å². The Morgan fingerprint density at radius 1 is 1.23 bits per heavy atom. The molecule has 0 unspecified atom stereocenters. The summed E-state index contributed by atoms with van der Waals surface area (Å²) < 4.78 is 6.20. The number of hydrogen-bond donors (Lipinski definition) is 8. The van der Waals surface area contributed by atoms with E-state index in [4.69, 9.17) is 10.5 Å². The van der Waals surface area contributed by atoms with Crippen molar-refractivity contribution in [3.05, 3.63) is 52.2 Å². The Hall–Kier alpha value is -3.56. The number of aliphatic carboxylic acids is 1. The van der Waals surface area contributed by atoms with Crippen LogP contribution in [-0.2, 0) is 14.3 Å². The highest BCUT2D eigenvalue weighted by atomic mass is 16.6. The molecular weight excluding hydrogens is 468 g/mol. The molecule has 3 rings (SSSR count). The molecular formula is C21H26N4O10. The first kappa shape index (κ1) is 26.1. The molecule has 35 heavy (non-hydrogen) atoms. The fraction of sp³-hybridized carbons (Fsp3) is 0.429. The second-order valence-electron chi connectivity index (χ2n) is 8.26. The van der Waals surface area contributed by atoms with E-state index in [2.05, 4.69) is 10.3 Å². The number of aromatic nitrogens is 2. The maximum Gasteiger partial charge on any atom is 0.329 e. The Balaban J connectivity index is 1.75. The molecule has 1 fully saturated rings. The third-order valence-corrected chi connectivity index (χ3v) is 5.93. The number of H-pyrrole nitrogens is 1. The molecule has 9 N–H and O–H groups in total. The van der Waals surface area contributed by atoms with Gasteiger partial charge in [0.05, 0.1) is 17.8 Å². The zero-order valence-corrected chi connectivity index (χ0v) is 18.4. The predicted octanol–water partition coefficient (Wildman–Crippen LogP) is -2.42. The number of phenols is 1. The van der Waals surface area contributed by atoms with E-state index in [1.165, 1.54) is 31.2 Å². The molecule has 2 aromatic rings. The number of hydrogen-bond acceptors (Lipinski definition) is 10. The number of nitrogens with one attached hydrogen (secondary N) is 2. The number of phenolic OH excluding ortho intramolecular Hbond substituents is 1. The number of nitrogens with zero attached hydrogens (tertiary/aromatic N) is 1. The van der Waals surface area contributed by atoms with Gasteiger partial charge in [-0.1, -0.05) is 19.1 Å². The van der Waals surface area contributed by atoms with Gasteiger partial charge in [-0.3, -0.25) is 14.2 Å². The van der Waals surface area contributed by atoms with E-state index in [0.29, 0.717) is 11.8 Å². The minimum atomic E-state index is -1.89. The summed E-state index contributed by atoms with van der Waals surface area (Å²) in [5, 5.41) is 52.5. The van der Waals surface area contributed by atoms with Crippen molar-refractivity contribution in [2.24, 2.45) is 11.7 Å². The molecule has 0 spiro atoms. The SMILES string of the molecule is C[C@H]([C@H](N)C(=O)N[C@H](C(=O)O)[C@@H]1O[C@H](n2cc(C=O)[nH]c2=O)[C@@H](O)[C@H]1O)[C@H](O)c1ccc(O)cc1. The number of aliphatic hydroxyl groups excluding tert-OH is 3. The summed E-state index contributed by atoms with van der Waals surface area (Å²) in [5.41, 5.74) is 5.32. The molecule has 14 heteroatoms. The molecule has 2 heterocycles. The monoisotopic (exact) mass is 494 g/mol. The number of aromatic hydroxyl groups is 1. The number of amides is 1. The Morgan fingerprint density at radius 3 is 2.40 bits per heavy atom. The zero-order chi connectivity index (χ0) is 26.0. The molecule has 14 nitrogen and oxygen atoms in total. The molecule has 1 aliphatic heterocycles. The fourth-order valence-corrected chi connectivity index (χ4v) is 3.81. The van der Waals surface area contributed by atoms with Crippen LogP contribution < -0.4 is 16.7 Å². The van der Waals surface area contributed by atoms with Gasteiger partial charge in [-0.15, -0.1) is 0 Å². The third-order valence-electron chi connectivity index (χ3n) is 5.93. The third kappa shape index (κ3) is 5.26. The number of carboxylic acid groups (broad SMARTS) is 1. The van der Waals surface area contributed by atoms with E-state index >= 15 is 0 Å². The summed E-state index contributed by atoms with van der Waals surface area (Å²) in [6, 6.07) is 2.26. The van der Waals surface area contributed by atoms with Gasteiger partial charge in [-0.25, -0.2) is 9.59 Å². The number of aliphatic hydroxyl groups is 3. The van der Waals surface area contributed by atoms with Gasteiger partial charge < -0.3 is 46.3 Å². The van der Waals surface area contributed by atoms with Crippen molar-refractivity contribution in [1.29, 1.82) is 0 Å². The molecule has 8 atom stereocenters. The van der Waals surface area contributed by atoms with Crippen molar-refractivity contribution in [2.45, 2.75) is 49.7 Å². The number of benzene rings is 1. The lowest BCUT2D eigenvalue weighted by Crippen LogP contribution is -2.57. The highest BCUT2D eigenvalue weighted by molar-refractivity contribution is 5.87. The van der Waals surface area contributed by atoms with Gasteiger partial charge in [0.2, 0.25) is 5.91 Å². The quantitative estimate of drug-likeness (QED) is 0.171. The summed E-state index contributed by atoms with van der Waals surface area (Å²) in [6.45, 7) is 1.46. The van der Waals surface area contributed by atoms with Gasteiger partial charge in [0, 0.05) is 12.1 Å². The van der Waals surface area contributed by atoms with Crippen molar-refractivity contribution < 1.29 is 44.7 Å². The number of carboxylic acids is 1. The zero-order valence-electron chi connectivity index (χ0n) is 18.4. The normalized spacial score (nSPS) is 25.4.